The molecule has 8 nitrogen and oxygen atoms in total. The Morgan fingerprint density at radius 3 is 2.54 bits per heavy atom. The van der Waals surface area contributed by atoms with Crippen molar-refractivity contribution in [3.63, 3.8) is 0 Å². The van der Waals surface area contributed by atoms with Crippen LogP contribution in [0.3, 0.4) is 0 Å². The van der Waals surface area contributed by atoms with Crippen LogP contribution in [0, 0.1) is 0 Å². The molecular weight excluding hydrogens is 470 g/mol. The molecule has 1 aliphatic rings. The quantitative estimate of drug-likeness (QED) is 0.411. The molecule has 0 aliphatic carbocycles. The highest BCUT2D eigenvalue weighted by molar-refractivity contribution is 5.95. The van der Waals surface area contributed by atoms with Gasteiger partial charge < -0.3 is 23.7 Å². The van der Waals surface area contributed by atoms with E-state index in [9.17, 15) is 9.59 Å². The van der Waals surface area contributed by atoms with Gasteiger partial charge in [0.2, 0.25) is 0 Å². The van der Waals surface area contributed by atoms with Gasteiger partial charge in [0, 0.05) is 56.6 Å². The van der Waals surface area contributed by atoms with Gasteiger partial charge in [0.25, 0.3) is 5.56 Å². The van der Waals surface area contributed by atoms with Gasteiger partial charge in [-0.3, -0.25) is 9.78 Å². The fraction of sp³-hybridized carbons (Fsp3) is 0.483. The van der Waals surface area contributed by atoms with E-state index in [1.807, 2.05) is 51.2 Å². The van der Waals surface area contributed by atoms with Gasteiger partial charge in [-0.15, -0.1) is 0 Å². The lowest BCUT2D eigenvalue weighted by Gasteiger charge is -2.33. The summed E-state index contributed by atoms with van der Waals surface area (Å²) in [4.78, 5) is 31.3. The van der Waals surface area contributed by atoms with Crippen molar-refractivity contribution in [2.24, 2.45) is 0 Å². The number of aryl methyl sites for hydroxylation is 1. The standard InChI is InChI=1S/C29H37N3O5/c1-6-7-14-32-19-24(22-10-13-30-18-23(22)27(32)33)20-8-9-25(26(17-20)35-5)36-21-11-15-31(16-12-21)28(34)37-29(2,3)4/h8-10,13,17-19,21H,6-7,11-12,14-16H2,1-5H3. The second-order valence-electron chi connectivity index (χ2n) is 10.5. The zero-order valence-electron chi connectivity index (χ0n) is 22.5. The molecule has 37 heavy (non-hydrogen) atoms. The van der Waals surface area contributed by atoms with Crippen molar-refractivity contribution in [2.45, 2.75) is 71.6 Å². The van der Waals surface area contributed by atoms with Crippen LogP contribution in [0.4, 0.5) is 4.79 Å². The molecule has 2 aromatic heterocycles. The lowest BCUT2D eigenvalue weighted by molar-refractivity contribution is 0.0124. The summed E-state index contributed by atoms with van der Waals surface area (Å²) in [5.74, 6) is 1.29. The van der Waals surface area contributed by atoms with Crippen LogP contribution in [0.5, 0.6) is 11.5 Å². The second kappa shape index (κ2) is 11.2. The summed E-state index contributed by atoms with van der Waals surface area (Å²) in [7, 11) is 1.63. The molecule has 1 saturated heterocycles. The Kier molecular flexibility index (Phi) is 8.05. The van der Waals surface area contributed by atoms with Crippen LogP contribution in [0.25, 0.3) is 21.9 Å². The Morgan fingerprint density at radius 1 is 1.11 bits per heavy atom. The van der Waals surface area contributed by atoms with Gasteiger partial charge in [-0.05, 0) is 56.3 Å². The van der Waals surface area contributed by atoms with E-state index in [1.54, 1.807) is 29.0 Å². The van der Waals surface area contributed by atoms with Crippen LogP contribution in [-0.4, -0.2) is 52.4 Å². The first-order chi connectivity index (χ1) is 17.7. The largest absolute Gasteiger partial charge is 0.493 e. The number of hydrogen-bond acceptors (Lipinski definition) is 6. The van der Waals surface area contributed by atoms with E-state index in [1.165, 1.54) is 0 Å². The first-order valence-electron chi connectivity index (χ1n) is 13.0. The molecule has 1 amide bonds. The highest BCUT2D eigenvalue weighted by Gasteiger charge is 2.28. The van der Waals surface area contributed by atoms with E-state index in [2.05, 4.69) is 11.9 Å². The van der Waals surface area contributed by atoms with Gasteiger partial charge >= 0.3 is 6.09 Å². The van der Waals surface area contributed by atoms with Crippen LogP contribution in [0.15, 0.2) is 47.7 Å². The van der Waals surface area contributed by atoms with E-state index in [-0.39, 0.29) is 17.8 Å². The molecule has 3 aromatic rings. The lowest BCUT2D eigenvalue weighted by Crippen LogP contribution is -2.44. The van der Waals surface area contributed by atoms with Crippen molar-refractivity contribution in [3.05, 3.63) is 53.2 Å². The minimum atomic E-state index is -0.509. The molecule has 1 aromatic carbocycles. The number of fused-ring (bicyclic) bond motifs is 1. The molecule has 0 radical (unpaired) electrons. The van der Waals surface area contributed by atoms with Crippen molar-refractivity contribution in [1.29, 1.82) is 0 Å². The maximum absolute atomic E-state index is 13.0. The van der Waals surface area contributed by atoms with E-state index in [0.29, 0.717) is 49.4 Å². The first kappa shape index (κ1) is 26.5. The van der Waals surface area contributed by atoms with Crippen molar-refractivity contribution < 1.29 is 19.0 Å². The molecule has 0 spiro atoms. The van der Waals surface area contributed by atoms with E-state index in [0.717, 1.165) is 29.4 Å². The average molecular weight is 508 g/mol. The maximum Gasteiger partial charge on any atom is 0.410 e. The zero-order chi connectivity index (χ0) is 26.6. The SMILES string of the molecule is CCCCn1cc(-c2ccc(OC3CCN(C(=O)OC(C)(C)C)CC3)c(OC)c2)c2ccncc2c1=O. The van der Waals surface area contributed by atoms with E-state index < -0.39 is 5.60 Å². The van der Waals surface area contributed by atoms with Crippen LogP contribution >= 0.6 is 0 Å². The summed E-state index contributed by atoms with van der Waals surface area (Å²) in [6.45, 7) is 9.55. The van der Waals surface area contributed by atoms with Gasteiger partial charge in [0.15, 0.2) is 11.5 Å². The summed E-state index contributed by atoms with van der Waals surface area (Å²) >= 11 is 0. The van der Waals surface area contributed by atoms with Crippen molar-refractivity contribution >= 4 is 16.9 Å². The van der Waals surface area contributed by atoms with E-state index >= 15 is 0 Å². The van der Waals surface area contributed by atoms with Crippen LogP contribution in [-0.2, 0) is 11.3 Å². The van der Waals surface area contributed by atoms with Crippen LogP contribution in [0.2, 0.25) is 0 Å². The molecule has 0 saturated carbocycles. The Labute approximate surface area is 218 Å². The third-order valence-corrected chi connectivity index (χ3v) is 6.50. The summed E-state index contributed by atoms with van der Waals surface area (Å²) in [6, 6.07) is 7.75. The number of likely N-dealkylation sites (tertiary alicyclic amines) is 1. The number of unbranched alkanes of at least 4 members (excludes halogenated alkanes) is 1. The summed E-state index contributed by atoms with van der Waals surface area (Å²) < 4.78 is 19.3. The lowest BCUT2D eigenvalue weighted by atomic mass is 10.0. The number of aromatic nitrogens is 2. The molecule has 0 unspecified atom stereocenters. The molecule has 0 atom stereocenters. The molecule has 198 valence electrons. The number of hydrogen-bond donors (Lipinski definition) is 0. The number of nitrogens with zero attached hydrogens (tertiary/aromatic N) is 3. The number of rotatable bonds is 7. The number of methoxy groups -OCH3 is 1. The van der Waals surface area contributed by atoms with Crippen molar-refractivity contribution in [2.75, 3.05) is 20.2 Å². The van der Waals surface area contributed by atoms with Gasteiger partial charge in [-0.1, -0.05) is 19.4 Å². The fourth-order valence-electron chi connectivity index (χ4n) is 4.56. The monoisotopic (exact) mass is 507 g/mol. The maximum atomic E-state index is 13.0. The fourth-order valence-corrected chi connectivity index (χ4v) is 4.56. The van der Waals surface area contributed by atoms with Gasteiger partial charge in [-0.2, -0.15) is 0 Å². The number of pyridine rings is 2. The van der Waals surface area contributed by atoms with Gasteiger partial charge in [0.1, 0.15) is 11.7 Å². The van der Waals surface area contributed by atoms with Crippen molar-refractivity contribution in [1.82, 2.24) is 14.5 Å². The summed E-state index contributed by atoms with van der Waals surface area (Å²) in [6.07, 6.45) is 8.33. The Balaban J connectivity index is 1.55. The zero-order valence-corrected chi connectivity index (χ0v) is 22.5. The molecule has 4 rings (SSSR count). The van der Waals surface area contributed by atoms with Crippen molar-refractivity contribution in [3.8, 4) is 22.6 Å². The van der Waals surface area contributed by atoms with Gasteiger partial charge in [0.05, 0.1) is 12.5 Å². The Bertz CT molecular complexity index is 1300. The molecule has 1 aliphatic heterocycles. The summed E-state index contributed by atoms with van der Waals surface area (Å²) in [5, 5.41) is 1.46. The number of carbonyl (C=O) groups is 1. The van der Waals surface area contributed by atoms with Crippen LogP contribution in [0.1, 0.15) is 53.4 Å². The molecule has 0 N–H and O–H groups in total. The number of carbonyl (C=O) groups excluding carboxylic acids is 1. The number of benzene rings is 1. The predicted octanol–water partition coefficient (Wildman–Crippen LogP) is 5.65. The third kappa shape index (κ3) is 6.24. The molecule has 3 heterocycles. The van der Waals surface area contributed by atoms with E-state index in [4.69, 9.17) is 14.2 Å². The first-order valence-corrected chi connectivity index (χ1v) is 13.0. The molecule has 0 bridgehead atoms. The predicted molar refractivity (Wildman–Crippen MR) is 144 cm³/mol. The third-order valence-electron chi connectivity index (χ3n) is 6.50. The number of piperidine rings is 1. The molecule has 1 fully saturated rings. The minimum absolute atomic E-state index is 0.0232. The number of amides is 1. The second-order valence-corrected chi connectivity index (χ2v) is 10.5. The molecule has 8 heteroatoms. The topological polar surface area (TPSA) is 82.9 Å². The average Bonchev–Trinajstić information content (AvgIpc) is 2.88. The Morgan fingerprint density at radius 2 is 1.86 bits per heavy atom. The van der Waals surface area contributed by atoms with Gasteiger partial charge in [-0.25, -0.2) is 4.79 Å². The van der Waals surface area contributed by atoms with Crippen LogP contribution < -0.4 is 15.0 Å². The highest BCUT2D eigenvalue weighted by Crippen LogP contribution is 2.36. The highest BCUT2D eigenvalue weighted by atomic mass is 16.6. The smallest absolute Gasteiger partial charge is 0.410 e. The Hall–Kier alpha value is -3.55. The molecular formula is C29H37N3O5. The minimum Gasteiger partial charge on any atom is -0.493 e. The number of ether oxygens (including phenoxy) is 3. The summed E-state index contributed by atoms with van der Waals surface area (Å²) in [5.41, 5.74) is 1.35. The normalized spacial score (nSPS) is 14.6.